The second kappa shape index (κ2) is 10.3. The van der Waals surface area contributed by atoms with Crippen molar-refractivity contribution >= 4 is 12.3 Å². The average Bonchev–Trinajstić information content (AvgIpc) is 3.31. The lowest BCUT2D eigenvalue weighted by molar-refractivity contribution is 0.0604. The number of nitriles is 1. The van der Waals surface area contributed by atoms with Crippen molar-refractivity contribution < 1.29 is 18.8 Å². The number of benzene rings is 2. The molecule has 3 aromatic rings. The number of hydrogen-bond acceptors (Lipinski definition) is 7. The molecule has 186 valence electrons. The second-order valence-electron chi connectivity index (χ2n) is 10.0. The van der Waals surface area contributed by atoms with Crippen LogP contribution in [0.4, 0.5) is 4.79 Å². The van der Waals surface area contributed by atoms with E-state index >= 15 is 0 Å². The summed E-state index contributed by atoms with van der Waals surface area (Å²) >= 11 is 0. The predicted octanol–water partition coefficient (Wildman–Crippen LogP) is 6.49. The van der Waals surface area contributed by atoms with Gasteiger partial charge in [0.25, 0.3) is 5.89 Å². The molecule has 1 atom stereocenters. The highest BCUT2D eigenvalue weighted by atomic mass is 16.6. The average molecular weight is 487 g/mol. The molecule has 1 amide bonds. The molecule has 0 fully saturated rings. The Morgan fingerprint density at radius 2 is 2.08 bits per heavy atom. The summed E-state index contributed by atoms with van der Waals surface area (Å²) in [7, 11) is 0. The highest BCUT2D eigenvalue weighted by Crippen LogP contribution is 2.37. The van der Waals surface area contributed by atoms with Gasteiger partial charge < -0.3 is 14.0 Å². The minimum Gasteiger partial charge on any atom is -0.490 e. The lowest BCUT2D eigenvalue weighted by Crippen LogP contribution is -2.22. The molecule has 1 heterocycles. The fourth-order valence-corrected chi connectivity index (χ4v) is 4.25. The van der Waals surface area contributed by atoms with Crippen molar-refractivity contribution in [2.45, 2.75) is 71.5 Å². The van der Waals surface area contributed by atoms with Crippen LogP contribution in [-0.2, 0) is 11.2 Å². The van der Waals surface area contributed by atoms with Crippen LogP contribution in [0.3, 0.4) is 0 Å². The Kier molecular flexibility index (Phi) is 7.20. The lowest BCUT2D eigenvalue weighted by atomic mass is 9.81. The van der Waals surface area contributed by atoms with Crippen molar-refractivity contribution in [3.63, 3.8) is 0 Å². The molecule has 1 aliphatic carbocycles. The standard InChI is InChI=1S/C28H30N4O4/c1-17(2)34-24-13-12-18(14-20(24)15-29)26-31-25(32-36-26)23-11-7-9-21-19(8-6-10-22(21)23)16-30-27(33)35-28(3,4)5/h7,9,11-14,16-17,19H,6,8,10H2,1-5H3. The van der Waals surface area contributed by atoms with Crippen molar-refractivity contribution in [3.05, 3.63) is 53.1 Å². The predicted molar refractivity (Wildman–Crippen MR) is 136 cm³/mol. The van der Waals surface area contributed by atoms with Crippen molar-refractivity contribution in [1.82, 2.24) is 10.1 Å². The molecular formula is C28H30N4O4. The normalized spacial score (nSPS) is 15.5. The minimum absolute atomic E-state index is 0.000668. The van der Waals surface area contributed by atoms with Gasteiger partial charge in [0.2, 0.25) is 5.82 Å². The Bertz CT molecular complexity index is 1330. The smallest absolute Gasteiger partial charge is 0.433 e. The summed E-state index contributed by atoms with van der Waals surface area (Å²) in [5.74, 6) is 1.33. The number of aliphatic imine (C=N–C) groups is 1. The molecule has 8 heteroatoms. The minimum atomic E-state index is -0.588. The highest BCUT2D eigenvalue weighted by Gasteiger charge is 2.24. The molecule has 0 saturated heterocycles. The first-order valence-electron chi connectivity index (χ1n) is 12.1. The Hall–Kier alpha value is -3.99. The zero-order chi connectivity index (χ0) is 25.9. The molecule has 1 aliphatic rings. The molecule has 0 radical (unpaired) electrons. The van der Waals surface area contributed by atoms with Gasteiger partial charge in [0.15, 0.2) is 0 Å². The molecular weight excluding hydrogens is 456 g/mol. The summed E-state index contributed by atoms with van der Waals surface area (Å²) in [6, 6.07) is 13.4. The van der Waals surface area contributed by atoms with Gasteiger partial charge in [-0.3, -0.25) is 0 Å². The Labute approximate surface area is 211 Å². The maximum Gasteiger partial charge on any atom is 0.433 e. The molecule has 1 unspecified atom stereocenters. The number of carbonyl (C=O) groups excluding carboxylic acids is 1. The van der Waals surface area contributed by atoms with Crippen LogP contribution in [0.15, 0.2) is 45.9 Å². The van der Waals surface area contributed by atoms with E-state index in [2.05, 4.69) is 27.3 Å². The van der Waals surface area contributed by atoms with E-state index in [0.29, 0.717) is 28.6 Å². The molecule has 0 aliphatic heterocycles. The fourth-order valence-electron chi connectivity index (χ4n) is 4.25. The number of hydrogen-bond donors (Lipinski definition) is 0. The molecule has 8 nitrogen and oxygen atoms in total. The van der Waals surface area contributed by atoms with Gasteiger partial charge in [-0.25, -0.2) is 4.79 Å². The van der Waals surface area contributed by atoms with Gasteiger partial charge in [-0.2, -0.15) is 15.2 Å². The molecule has 0 saturated carbocycles. The maximum absolute atomic E-state index is 12.1. The van der Waals surface area contributed by atoms with Crippen molar-refractivity contribution in [3.8, 4) is 34.7 Å². The van der Waals surface area contributed by atoms with Crippen LogP contribution in [0.25, 0.3) is 22.8 Å². The molecule has 0 N–H and O–H groups in total. The summed E-state index contributed by atoms with van der Waals surface area (Å²) < 4.78 is 16.6. The lowest BCUT2D eigenvalue weighted by Gasteiger charge is -2.24. The fraction of sp³-hybridized carbons (Fsp3) is 0.393. The van der Waals surface area contributed by atoms with Crippen LogP contribution in [0.5, 0.6) is 5.75 Å². The summed E-state index contributed by atoms with van der Waals surface area (Å²) in [6.07, 6.45) is 3.76. The van der Waals surface area contributed by atoms with E-state index in [1.54, 1.807) is 24.4 Å². The molecule has 4 rings (SSSR count). The van der Waals surface area contributed by atoms with E-state index < -0.39 is 11.7 Å². The summed E-state index contributed by atoms with van der Waals surface area (Å²) in [5, 5.41) is 13.8. The molecule has 2 aromatic carbocycles. The van der Waals surface area contributed by atoms with Gasteiger partial charge in [-0.1, -0.05) is 23.4 Å². The molecule has 0 spiro atoms. The third-order valence-corrected chi connectivity index (χ3v) is 5.68. The topological polar surface area (TPSA) is 111 Å². The van der Waals surface area contributed by atoms with E-state index in [4.69, 9.17) is 14.0 Å². The van der Waals surface area contributed by atoms with Crippen LogP contribution >= 0.6 is 0 Å². The Balaban J connectivity index is 1.61. The zero-order valence-electron chi connectivity index (χ0n) is 21.2. The van der Waals surface area contributed by atoms with Crippen molar-refractivity contribution in [1.29, 1.82) is 5.26 Å². The van der Waals surface area contributed by atoms with Gasteiger partial charge in [-0.15, -0.1) is 0 Å². The number of rotatable bonds is 5. The zero-order valence-corrected chi connectivity index (χ0v) is 21.2. The van der Waals surface area contributed by atoms with E-state index in [1.807, 2.05) is 46.8 Å². The van der Waals surface area contributed by atoms with Crippen molar-refractivity contribution in [2.24, 2.45) is 4.99 Å². The first-order chi connectivity index (χ1) is 17.1. The van der Waals surface area contributed by atoms with Gasteiger partial charge >= 0.3 is 6.09 Å². The highest BCUT2D eigenvalue weighted by molar-refractivity contribution is 5.83. The Morgan fingerprint density at radius 1 is 1.28 bits per heavy atom. The number of aromatic nitrogens is 2. The van der Waals surface area contributed by atoms with E-state index in [1.165, 1.54) is 0 Å². The van der Waals surface area contributed by atoms with Crippen LogP contribution in [-0.4, -0.2) is 34.2 Å². The van der Waals surface area contributed by atoms with Crippen LogP contribution in [0, 0.1) is 11.3 Å². The van der Waals surface area contributed by atoms with Crippen molar-refractivity contribution in [2.75, 3.05) is 0 Å². The van der Waals surface area contributed by atoms with Gasteiger partial charge in [-0.05, 0) is 83.2 Å². The van der Waals surface area contributed by atoms with Gasteiger partial charge in [0, 0.05) is 23.3 Å². The number of amides is 1. The van der Waals surface area contributed by atoms with E-state index in [0.717, 1.165) is 36.0 Å². The number of fused-ring (bicyclic) bond motifs is 1. The first kappa shape index (κ1) is 25.1. The molecule has 1 aromatic heterocycles. The third kappa shape index (κ3) is 5.80. The van der Waals surface area contributed by atoms with Crippen LogP contribution in [0.1, 0.15) is 70.1 Å². The molecule has 36 heavy (non-hydrogen) atoms. The largest absolute Gasteiger partial charge is 0.490 e. The third-order valence-electron chi connectivity index (χ3n) is 5.68. The second-order valence-corrected chi connectivity index (χ2v) is 10.0. The summed E-state index contributed by atoms with van der Waals surface area (Å²) in [6.45, 7) is 9.27. The van der Waals surface area contributed by atoms with Crippen LogP contribution < -0.4 is 4.74 Å². The van der Waals surface area contributed by atoms with E-state index in [-0.39, 0.29) is 12.0 Å². The Morgan fingerprint density at radius 3 is 2.81 bits per heavy atom. The van der Waals surface area contributed by atoms with Gasteiger partial charge in [0.1, 0.15) is 17.4 Å². The molecule has 0 bridgehead atoms. The first-order valence-corrected chi connectivity index (χ1v) is 12.1. The summed E-state index contributed by atoms with van der Waals surface area (Å²) in [4.78, 5) is 20.8. The maximum atomic E-state index is 12.1. The SMILES string of the molecule is CC(C)Oc1ccc(-c2nc(-c3cccc4c3CCCC4C=NC(=O)OC(C)(C)C)no2)cc1C#N. The quantitative estimate of drug-likeness (QED) is 0.379. The monoisotopic (exact) mass is 486 g/mol. The van der Waals surface area contributed by atoms with Gasteiger partial charge in [0.05, 0.1) is 11.7 Å². The van der Waals surface area contributed by atoms with E-state index in [9.17, 15) is 10.1 Å². The summed E-state index contributed by atoms with van der Waals surface area (Å²) in [5.41, 5.74) is 3.57. The number of ether oxygens (including phenoxy) is 2. The number of nitrogens with zero attached hydrogens (tertiary/aromatic N) is 4. The number of carbonyl (C=O) groups is 1. The van der Waals surface area contributed by atoms with Crippen LogP contribution in [0.2, 0.25) is 0 Å².